The van der Waals surface area contributed by atoms with Crippen LogP contribution in [0, 0.1) is 5.92 Å². The number of nitrogens with zero attached hydrogens (tertiary/aromatic N) is 3. The lowest BCUT2D eigenvalue weighted by Gasteiger charge is -2.31. The summed E-state index contributed by atoms with van der Waals surface area (Å²) in [7, 11) is 0. The van der Waals surface area contributed by atoms with Crippen LogP contribution in [0.4, 0.5) is 0 Å². The standard InChI is InChI=1S/C9H11N3O2S/c1-2-13-3-7-6(1)4-15-9(11-7)8-12-10-5-14-8/h5-7H,1-4H2. The van der Waals surface area contributed by atoms with E-state index in [-0.39, 0.29) is 6.04 Å². The van der Waals surface area contributed by atoms with Crippen molar-refractivity contribution in [3.63, 3.8) is 0 Å². The Labute approximate surface area is 91.3 Å². The van der Waals surface area contributed by atoms with E-state index in [9.17, 15) is 0 Å². The Hall–Kier alpha value is -0.880. The molecule has 6 heteroatoms. The van der Waals surface area contributed by atoms with E-state index >= 15 is 0 Å². The van der Waals surface area contributed by atoms with Crippen LogP contribution in [0.15, 0.2) is 15.8 Å². The van der Waals surface area contributed by atoms with Crippen LogP contribution in [-0.4, -0.2) is 40.2 Å². The highest BCUT2D eigenvalue weighted by molar-refractivity contribution is 8.14. The Morgan fingerprint density at radius 2 is 2.47 bits per heavy atom. The van der Waals surface area contributed by atoms with Gasteiger partial charge in [-0.2, -0.15) is 0 Å². The van der Waals surface area contributed by atoms with Crippen molar-refractivity contribution in [1.82, 2.24) is 10.2 Å². The van der Waals surface area contributed by atoms with E-state index in [0.29, 0.717) is 11.8 Å². The van der Waals surface area contributed by atoms with Crippen molar-refractivity contribution in [2.45, 2.75) is 12.5 Å². The van der Waals surface area contributed by atoms with Crippen LogP contribution in [0.1, 0.15) is 12.3 Å². The molecular formula is C9H11N3O2S. The van der Waals surface area contributed by atoms with E-state index in [1.165, 1.54) is 6.39 Å². The first-order chi connectivity index (χ1) is 7.43. The summed E-state index contributed by atoms with van der Waals surface area (Å²) < 4.78 is 10.6. The quantitative estimate of drug-likeness (QED) is 0.712. The fourth-order valence-corrected chi connectivity index (χ4v) is 3.04. The van der Waals surface area contributed by atoms with Crippen molar-refractivity contribution >= 4 is 16.8 Å². The molecule has 2 atom stereocenters. The average molecular weight is 225 g/mol. The minimum atomic E-state index is 0.280. The monoisotopic (exact) mass is 225 g/mol. The van der Waals surface area contributed by atoms with E-state index in [0.717, 1.165) is 30.4 Å². The van der Waals surface area contributed by atoms with Crippen LogP contribution >= 0.6 is 11.8 Å². The number of ether oxygens (including phenoxy) is 1. The van der Waals surface area contributed by atoms with Crippen LogP contribution in [0.25, 0.3) is 0 Å². The molecule has 0 spiro atoms. The molecule has 0 N–H and O–H groups in total. The zero-order chi connectivity index (χ0) is 10.1. The second-order valence-electron chi connectivity index (χ2n) is 3.68. The largest absolute Gasteiger partial charge is 0.422 e. The first-order valence-electron chi connectivity index (χ1n) is 4.98. The molecule has 1 saturated heterocycles. The molecule has 5 nitrogen and oxygen atoms in total. The third-order valence-corrected chi connectivity index (χ3v) is 3.87. The van der Waals surface area contributed by atoms with Gasteiger partial charge in [-0.1, -0.05) is 0 Å². The van der Waals surface area contributed by atoms with Gasteiger partial charge in [-0.05, 0) is 12.3 Å². The maximum Gasteiger partial charge on any atom is 0.272 e. The highest BCUT2D eigenvalue weighted by Gasteiger charge is 2.31. The van der Waals surface area contributed by atoms with Gasteiger partial charge in [0.2, 0.25) is 6.39 Å². The Morgan fingerprint density at radius 1 is 1.47 bits per heavy atom. The number of aromatic nitrogens is 2. The molecule has 1 aromatic heterocycles. The van der Waals surface area contributed by atoms with Crippen LogP contribution in [0.3, 0.4) is 0 Å². The van der Waals surface area contributed by atoms with Gasteiger partial charge < -0.3 is 9.15 Å². The van der Waals surface area contributed by atoms with Crippen LogP contribution in [-0.2, 0) is 4.74 Å². The molecule has 0 amide bonds. The predicted octanol–water partition coefficient (Wildman–Crippen LogP) is 0.968. The SMILES string of the molecule is c1nnc(C2=NC3COCCC3CS2)o1. The van der Waals surface area contributed by atoms with Gasteiger partial charge in [-0.25, -0.2) is 0 Å². The molecule has 0 radical (unpaired) electrons. The first-order valence-corrected chi connectivity index (χ1v) is 5.97. The Bertz CT molecular complexity index is 365. The normalized spacial score (nSPS) is 30.8. The summed E-state index contributed by atoms with van der Waals surface area (Å²) in [6, 6.07) is 0.280. The second kappa shape index (κ2) is 3.94. The van der Waals surface area contributed by atoms with Crippen molar-refractivity contribution in [2.75, 3.05) is 19.0 Å². The van der Waals surface area contributed by atoms with Crippen molar-refractivity contribution in [2.24, 2.45) is 10.9 Å². The molecule has 80 valence electrons. The number of rotatable bonds is 1. The van der Waals surface area contributed by atoms with Crippen molar-refractivity contribution in [3.8, 4) is 0 Å². The third kappa shape index (κ3) is 1.79. The molecule has 15 heavy (non-hydrogen) atoms. The molecule has 0 saturated carbocycles. The molecule has 3 heterocycles. The Morgan fingerprint density at radius 3 is 3.33 bits per heavy atom. The van der Waals surface area contributed by atoms with Crippen LogP contribution < -0.4 is 0 Å². The zero-order valence-corrected chi connectivity index (χ0v) is 8.94. The summed E-state index contributed by atoms with van der Waals surface area (Å²) in [5, 5.41) is 8.39. The minimum Gasteiger partial charge on any atom is -0.422 e. The third-order valence-electron chi connectivity index (χ3n) is 2.73. The van der Waals surface area contributed by atoms with Gasteiger partial charge in [0, 0.05) is 12.4 Å². The summed E-state index contributed by atoms with van der Waals surface area (Å²) in [5.41, 5.74) is 0. The highest BCUT2D eigenvalue weighted by Crippen LogP contribution is 2.30. The molecule has 1 fully saturated rings. The minimum absolute atomic E-state index is 0.280. The molecule has 0 bridgehead atoms. The van der Waals surface area contributed by atoms with E-state index < -0.39 is 0 Å². The van der Waals surface area contributed by atoms with E-state index in [4.69, 9.17) is 9.15 Å². The Kier molecular flexibility index (Phi) is 2.46. The van der Waals surface area contributed by atoms with Gasteiger partial charge in [0.1, 0.15) is 0 Å². The first kappa shape index (κ1) is 9.35. The van der Waals surface area contributed by atoms with Gasteiger partial charge in [-0.15, -0.1) is 22.0 Å². The van der Waals surface area contributed by atoms with Crippen molar-refractivity contribution in [1.29, 1.82) is 0 Å². The number of hydrogen-bond acceptors (Lipinski definition) is 6. The maximum absolute atomic E-state index is 5.42. The van der Waals surface area contributed by atoms with Crippen LogP contribution in [0.5, 0.6) is 0 Å². The zero-order valence-electron chi connectivity index (χ0n) is 8.13. The molecule has 2 aliphatic heterocycles. The number of aliphatic imine (C=N–C) groups is 1. The van der Waals surface area contributed by atoms with Gasteiger partial charge in [0.25, 0.3) is 5.89 Å². The lowest BCUT2D eigenvalue weighted by molar-refractivity contribution is 0.0562. The molecule has 0 aromatic carbocycles. The van der Waals surface area contributed by atoms with Crippen molar-refractivity contribution in [3.05, 3.63) is 12.3 Å². The summed E-state index contributed by atoms with van der Waals surface area (Å²) in [4.78, 5) is 4.60. The summed E-state index contributed by atoms with van der Waals surface area (Å²) in [6.45, 7) is 1.59. The van der Waals surface area contributed by atoms with Gasteiger partial charge in [0.15, 0.2) is 5.04 Å². The predicted molar refractivity (Wildman–Crippen MR) is 56.0 cm³/mol. The molecule has 0 aliphatic carbocycles. The summed E-state index contributed by atoms with van der Waals surface area (Å²) in [5.74, 6) is 2.26. The molecular weight excluding hydrogens is 214 g/mol. The van der Waals surface area contributed by atoms with E-state index in [1.807, 2.05) is 0 Å². The van der Waals surface area contributed by atoms with E-state index in [1.54, 1.807) is 11.8 Å². The molecule has 1 aromatic rings. The second-order valence-corrected chi connectivity index (χ2v) is 4.69. The van der Waals surface area contributed by atoms with Gasteiger partial charge >= 0.3 is 0 Å². The summed E-state index contributed by atoms with van der Waals surface area (Å²) >= 11 is 1.70. The molecule has 2 aliphatic rings. The number of fused-ring (bicyclic) bond motifs is 1. The lowest BCUT2D eigenvalue weighted by atomic mass is 9.97. The number of thioether (sulfide) groups is 1. The van der Waals surface area contributed by atoms with Gasteiger partial charge in [0.05, 0.1) is 12.6 Å². The fraction of sp³-hybridized carbons (Fsp3) is 0.667. The highest BCUT2D eigenvalue weighted by atomic mass is 32.2. The van der Waals surface area contributed by atoms with Crippen molar-refractivity contribution < 1.29 is 9.15 Å². The smallest absolute Gasteiger partial charge is 0.272 e. The Balaban J connectivity index is 1.84. The van der Waals surface area contributed by atoms with E-state index in [2.05, 4.69) is 15.2 Å². The summed E-state index contributed by atoms with van der Waals surface area (Å²) in [6.07, 6.45) is 2.44. The number of hydrogen-bond donors (Lipinski definition) is 0. The molecule has 2 unspecified atom stereocenters. The van der Waals surface area contributed by atoms with Gasteiger partial charge in [-0.3, -0.25) is 4.99 Å². The lowest BCUT2D eigenvalue weighted by Crippen LogP contribution is -2.36. The average Bonchev–Trinajstić information content (AvgIpc) is 2.82. The fourth-order valence-electron chi connectivity index (χ4n) is 1.86. The molecule has 3 rings (SSSR count). The maximum atomic E-state index is 5.42. The van der Waals surface area contributed by atoms with Crippen LogP contribution in [0.2, 0.25) is 0 Å². The topological polar surface area (TPSA) is 60.5 Å².